The minimum absolute atomic E-state index is 0.103. The van der Waals surface area contributed by atoms with Crippen molar-refractivity contribution in [3.63, 3.8) is 0 Å². The molecule has 0 bridgehead atoms. The maximum atomic E-state index is 5.74. The average Bonchev–Trinajstić information content (AvgIpc) is 2.24. The highest BCUT2D eigenvalue weighted by Gasteiger charge is 2.23. The van der Waals surface area contributed by atoms with Crippen LogP contribution in [-0.2, 0) is 9.31 Å². The first-order valence-corrected chi connectivity index (χ1v) is 6.51. The number of hydrogen-bond acceptors (Lipinski definition) is 3. The van der Waals surface area contributed by atoms with Crippen molar-refractivity contribution >= 4 is 7.12 Å². The van der Waals surface area contributed by atoms with E-state index in [1.54, 1.807) is 0 Å². The van der Waals surface area contributed by atoms with Gasteiger partial charge in [0.2, 0.25) is 0 Å². The van der Waals surface area contributed by atoms with Crippen LogP contribution in [0, 0.1) is 0 Å². The second-order valence-corrected chi connectivity index (χ2v) is 4.14. The number of unbranched alkanes of at least 4 members (excludes halogenated alkanes) is 1. The number of rotatable bonds is 5. The maximum absolute atomic E-state index is 5.74. The van der Waals surface area contributed by atoms with Crippen molar-refractivity contribution in [3.8, 4) is 0 Å². The Hall–Kier alpha value is -0.315. The Morgan fingerprint density at radius 2 is 1.88 bits per heavy atom. The summed E-state index contributed by atoms with van der Waals surface area (Å²) >= 11 is 0. The smallest absolute Gasteiger partial charge is 0.406 e. The minimum Gasteiger partial charge on any atom is -0.406 e. The molecule has 0 aromatic heterocycles. The molecular formula is C12H24BNO2. The van der Waals surface area contributed by atoms with E-state index in [-0.39, 0.29) is 7.12 Å². The number of nitrogens with one attached hydrogen (secondary N) is 1. The van der Waals surface area contributed by atoms with Gasteiger partial charge in [0.15, 0.2) is 0 Å². The first-order valence-electron chi connectivity index (χ1n) is 6.51. The van der Waals surface area contributed by atoms with Crippen LogP contribution in [0.5, 0.6) is 0 Å². The van der Waals surface area contributed by atoms with Gasteiger partial charge < -0.3 is 14.6 Å². The Bertz CT molecular complexity index is 201. The van der Waals surface area contributed by atoms with E-state index in [9.17, 15) is 0 Å². The van der Waals surface area contributed by atoms with Gasteiger partial charge >= 0.3 is 7.12 Å². The van der Waals surface area contributed by atoms with Crippen molar-refractivity contribution in [2.24, 2.45) is 0 Å². The molecule has 0 aromatic rings. The fraction of sp³-hybridized carbons (Fsp3) is 0.833. The van der Waals surface area contributed by atoms with E-state index in [1.165, 1.54) is 11.9 Å². The molecule has 0 spiro atoms. The minimum atomic E-state index is -0.103. The zero-order valence-electron chi connectivity index (χ0n) is 10.6. The van der Waals surface area contributed by atoms with Crippen molar-refractivity contribution in [3.05, 3.63) is 11.5 Å². The summed E-state index contributed by atoms with van der Waals surface area (Å²) in [5.74, 6) is 0. The third-order valence-electron chi connectivity index (χ3n) is 2.63. The third kappa shape index (κ3) is 5.15. The summed E-state index contributed by atoms with van der Waals surface area (Å²) in [6.07, 6.45) is 6.83. The van der Waals surface area contributed by atoms with Gasteiger partial charge in [-0.1, -0.05) is 32.8 Å². The summed E-state index contributed by atoms with van der Waals surface area (Å²) < 4.78 is 11.5. The summed E-state index contributed by atoms with van der Waals surface area (Å²) in [6.45, 7) is 7.71. The van der Waals surface area contributed by atoms with Crippen LogP contribution < -0.4 is 5.32 Å². The molecular weight excluding hydrogens is 201 g/mol. The molecule has 0 unspecified atom stereocenters. The van der Waals surface area contributed by atoms with Gasteiger partial charge in [0.1, 0.15) is 0 Å². The van der Waals surface area contributed by atoms with Crippen LogP contribution in [0.25, 0.3) is 0 Å². The molecule has 92 valence electrons. The van der Waals surface area contributed by atoms with Gasteiger partial charge in [-0.05, 0) is 18.3 Å². The summed E-state index contributed by atoms with van der Waals surface area (Å²) in [5, 5.41) is 3.25. The molecule has 0 radical (unpaired) electrons. The first-order chi connectivity index (χ1) is 7.88. The molecule has 1 saturated heterocycles. The molecule has 1 rings (SSSR count). The quantitative estimate of drug-likeness (QED) is 0.727. The lowest BCUT2D eigenvalue weighted by Gasteiger charge is -2.20. The fourth-order valence-electron chi connectivity index (χ4n) is 1.80. The normalized spacial score (nSPS) is 19.4. The summed E-state index contributed by atoms with van der Waals surface area (Å²) in [7, 11) is -0.103. The SMILES string of the molecule is CCC/C=C(\CCC)B1OCCNCCO1. The zero-order chi connectivity index (χ0) is 11.6. The van der Waals surface area contributed by atoms with Crippen molar-refractivity contribution in [1.82, 2.24) is 5.32 Å². The second kappa shape index (κ2) is 8.79. The van der Waals surface area contributed by atoms with E-state index >= 15 is 0 Å². The Kier molecular flexibility index (Phi) is 7.56. The van der Waals surface area contributed by atoms with E-state index < -0.39 is 0 Å². The largest absolute Gasteiger partial charge is 0.489 e. The Morgan fingerprint density at radius 3 is 2.44 bits per heavy atom. The zero-order valence-corrected chi connectivity index (χ0v) is 10.6. The molecule has 4 heteroatoms. The lowest BCUT2D eigenvalue weighted by molar-refractivity contribution is 0.183. The van der Waals surface area contributed by atoms with Crippen LogP contribution in [0.15, 0.2) is 11.5 Å². The monoisotopic (exact) mass is 225 g/mol. The van der Waals surface area contributed by atoms with Crippen LogP contribution in [0.2, 0.25) is 0 Å². The van der Waals surface area contributed by atoms with E-state index in [1.807, 2.05) is 0 Å². The van der Waals surface area contributed by atoms with Gasteiger partial charge in [0.25, 0.3) is 0 Å². The molecule has 0 atom stereocenters. The summed E-state index contributed by atoms with van der Waals surface area (Å²) in [5.41, 5.74) is 1.33. The van der Waals surface area contributed by atoms with Crippen molar-refractivity contribution in [1.29, 1.82) is 0 Å². The molecule has 16 heavy (non-hydrogen) atoms. The molecule has 0 aliphatic carbocycles. The molecule has 0 saturated carbocycles. The van der Waals surface area contributed by atoms with Crippen LogP contribution in [0.3, 0.4) is 0 Å². The van der Waals surface area contributed by atoms with Crippen LogP contribution in [0.1, 0.15) is 39.5 Å². The average molecular weight is 225 g/mol. The predicted octanol–water partition coefficient (Wildman–Crippen LogP) is 2.18. The van der Waals surface area contributed by atoms with Gasteiger partial charge in [-0.25, -0.2) is 0 Å². The molecule has 0 aromatic carbocycles. The van der Waals surface area contributed by atoms with Crippen LogP contribution in [0.4, 0.5) is 0 Å². The maximum Gasteiger partial charge on any atom is 0.489 e. The molecule has 1 aliphatic rings. The molecule has 0 amide bonds. The second-order valence-electron chi connectivity index (χ2n) is 4.14. The van der Waals surface area contributed by atoms with Gasteiger partial charge in [-0.15, -0.1) is 0 Å². The highest BCUT2D eigenvalue weighted by molar-refractivity contribution is 6.53. The molecule has 3 nitrogen and oxygen atoms in total. The molecule has 1 heterocycles. The van der Waals surface area contributed by atoms with E-state index in [0.29, 0.717) is 0 Å². The highest BCUT2D eigenvalue weighted by atomic mass is 16.6. The lowest BCUT2D eigenvalue weighted by atomic mass is 9.74. The third-order valence-corrected chi connectivity index (χ3v) is 2.63. The number of allylic oxidation sites excluding steroid dienone is 2. The lowest BCUT2D eigenvalue weighted by Crippen LogP contribution is -2.37. The van der Waals surface area contributed by atoms with Gasteiger partial charge in [-0.3, -0.25) is 0 Å². The van der Waals surface area contributed by atoms with E-state index in [4.69, 9.17) is 9.31 Å². The van der Waals surface area contributed by atoms with E-state index in [2.05, 4.69) is 25.2 Å². The number of hydrogen-bond donors (Lipinski definition) is 1. The van der Waals surface area contributed by atoms with Crippen molar-refractivity contribution in [2.45, 2.75) is 39.5 Å². The molecule has 1 N–H and O–H groups in total. The van der Waals surface area contributed by atoms with Crippen LogP contribution in [-0.4, -0.2) is 33.4 Å². The summed E-state index contributed by atoms with van der Waals surface area (Å²) in [6, 6.07) is 0. The Balaban J connectivity index is 2.51. The topological polar surface area (TPSA) is 30.5 Å². The van der Waals surface area contributed by atoms with Crippen LogP contribution >= 0.6 is 0 Å². The highest BCUT2D eigenvalue weighted by Crippen LogP contribution is 2.14. The van der Waals surface area contributed by atoms with Gasteiger partial charge in [-0.2, -0.15) is 0 Å². The van der Waals surface area contributed by atoms with Gasteiger partial charge in [0.05, 0.1) is 0 Å². The fourth-order valence-corrected chi connectivity index (χ4v) is 1.80. The summed E-state index contributed by atoms with van der Waals surface area (Å²) in [4.78, 5) is 0. The Labute approximate surface area is 99.7 Å². The first kappa shape index (κ1) is 13.7. The van der Waals surface area contributed by atoms with Crippen molar-refractivity contribution < 1.29 is 9.31 Å². The molecule has 1 aliphatic heterocycles. The van der Waals surface area contributed by atoms with Gasteiger partial charge in [0, 0.05) is 26.3 Å². The van der Waals surface area contributed by atoms with E-state index in [0.717, 1.165) is 45.6 Å². The Morgan fingerprint density at radius 1 is 1.19 bits per heavy atom. The predicted molar refractivity (Wildman–Crippen MR) is 68.4 cm³/mol. The molecule has 1 fully saturated rings. The standard InChI is InChI=1S/C12H24BNO2/c1-3-5-7-12(6-4-2)13-15-10-8-14-9-11-16-13/h7,14H,3-6,8-11H2,1-2H3/b12-7+. The van der Waals surface area contributed by atoms with Crippen molar-refractivity contribution in [2.75, 3.05) is 26.3 Å².